The first-order valence-electron chi connectivity index (χ1n) is 9.89. The largest absolute Gasteiger partial charge is 0.363 e. The van der Waals surface area contributed by atoms with Gasteiger partial charge in [-0.1, -0.05) is 0 Å². The second-order valence-corrected chi connectivity index (χ2v) is 9.79. The molecule has 1 saturated carbocycles. The van der Waals surface area contributed by atoms with Gasteiger partial charge in [0.05, 0.1) is 4.90 Å². The highest BCUT2D eigenvalue weighted by Gasteiger charge is 2.38. The van der Waals surface area contributed by atoms with Gasteiger partial charge in [0, 0.05) is 45.3 Å². The average molecular weight is 420 g/mol. The van der Waals surface area contributed by atoms with Gasteiger partial charge in [-0.15, -0.1) is 0 Å². The fraction of sp³-hybridized carbons (Fsp3) is 0.500. The molecule has 4 rings (SSSR count). The van der Waals surface area contributed by atoms with Crippen LogP contribution in [0.1, 0.15) is 25.7 Å². The van der Waals surface area contributed by atoms with E-state index in [-0.39, 0.29) is 10.9 Å². The predicted octanol–water partition coefficient (Wildman–Crippen LogP) is 2.50. The standard InChI is InChI=1S/C20H26FN5O2S/c1-24(2)19-13-20(23-14-22-19)26(16-5-6-16)17-9-11-25(12-10-17)29(27,28)18-7-3-15(21)4-8-18/h3-4,7-8,13-14,16-17H,5-6,9-12H2,1-2H3. The highest BCUT2D eigenvalue weighted by molar-refractivity contribution is 7.89. The predicted molar refractivity (Wildman–Crippen MR) is 110 cm³/mol. The molecule has 1 aliphatic heterocycles. The van der Waals surface area contributed by atoms with Crippen molar-refractivity contribution >= 4 is 21.7 Å². The van der Waals surface area contributed by atoms with Gasteiger partial charge >= 0.3 is 0 Å². The average Bonchev–Trinajstić information content (AvgIpc) is 3.54. The van der Waals surface area contributed by atoms with E-state index in [9.17, 15) is 12.8 Å². The van der Waals surface area contributed by atoms with Gasteiger partial charge in [0.1, 0.15) is 23.8 Å². The zero-order valence-electron chi connectivity index (χ0n) is 16.7. The van der Waals surface area contributed by atoms with E-state index < -0.39 is 15.8 Å². The Labute approximate surface area is 171 Å². The van der Waals surface area contributed by atoms with E-state index >= 15 is 0 Å². The normalized spacial score (nSPS) is 18.6. The van der Waals surface area contributed by atoms with Crippen LogP contribution in [0, 0.1) is 5.82 Å². The van der Waals surface area contributed by atoms with Crippen LogP contribution in [0.3, 0.4) is 0 Å². The molecule has 7 nitrogen and oxygen atoms in total. The number of hydrogen-bond acceptors (Lipinski definition) is 6. The quantitative estimate of drug-likeness (QED) is 0.717. The summed E-state index contributed by atoms with van der Waals surface area (Å²) in [6.07, 6.45) is 5.33. The molecule has 2 fully saturated rings. The summed E-state index contributed by atoms with van der Waals surface area (Å²) in [5.41, 5.74) is 0. The monoisotopic (exact) mass is 419 g/mol. The topological polar surface area (TPSA) is 69.6 Å². The molecule has 9 heteroatoms. The minimum Gasteiger partial charge on any atom is -0.363 e. The molecule has 0 atom stereocenters. The van der Waals surface area contributed by atoms with Gasteiger partial charge in [0.2, 0.25) is 10.0 Å². The lowest BCUT2D eigenvalue weighted by Gasteiger charge is -2.39. The third-order valence-corrected chi connectivity index (χ3v) is 7.48. The third-order valence-electron chi connectivity index (χ3n) is 5.57. The Kier molecular flexibility index (Phi) is 5.44. The molecule has 0 amide bonds. The molecule has 0 N–H and O–H groups in total. The number of rotatable bonds is 6. The van der Waals surface area contributed by atoms with Gasteiger partial charge in [0.25, 0.3) is 0 Å². The molecule has 156 valence electrons. The maximum absolute atomic E-state index is 13.2. The summed E-state index contributed by atoms with van der Waals surface area (Å²) in [5, 5.41) is 0. The molecule has 1 aromatic heterocycles. The van der Waals surface area contributed by atoms with Gasteiger partial charge < -0.3 is 9.80 Å². The molecule has 2 aliphatic rings. The fourth-order valence-corrected chi connectivity index (χ4v) is 5.33. The van der Waals surface area contributed by atoms with E-state index in [2.05, 4.69) is 14.9 Å². The van der Waals surface area contributed by atoms with E-state index in [1.165, 1.54) is 28.6 Å². The molecule has 0 unspecified atom stereocenters. The minimum absolute atomic E-state index is 0.142. The van der Waals surface area contributed by atoms with Crippen molar-refractivity contribution in [1.29, 1.82) is 0 Å². The molecule has 29 heavy (non-hydrogen) atoms. The summed E-state index contributed by atoms with van der Waals surface area (Å²) >= 11 is 0. The first-order valence-corrected chi connectivity index (χ1v) is 11.3. The van der Waals surface area contributed by atoms with Crippen LogP contribution in [0.25, 0.3) is 0 Å². The van der Waals surface area contributed by atoms with Crippen molar-refractivity contribution in [1.82, 2.24) is 14.3 Å². The Morgan fingerprint density at radius 3 is 2.14 bits per heavy atom. The van der Waals surface area contributed by atoms with E-state index in [4.69, 9.17) is 0 Å². The van der Waals surface area contributed by atoms with Gasteiger partial charge in [-0.2, -0.15) is 4.31 Å². The van der Waals surface area contributed by atoms with Gasteiger partial charge in [-0.3, -0.25) is 0 Å². The van der Waals surface area contributed by atoms with Crippen LogP contribution in [0.5, 0.6) is 0 Å². The SMILES string of the molecule is CN(C)c1cc(N(C2CC2)C2CCN(S(=O)(=O)c3ccc(F)cc3)CC2)ncn1. The Bertz CT molecular complexity index is 955. The Hall–Kier alpha value is -2.26. The molecular formula is C20H26FN5O2S. The Morgan fingerprint density at radius 1 is 0.966 bits per heavy atom. The van der Waals surface area contributed by atoms with Crippen LogP contribution in [-0.4, -0.2) is 62.0 Å². The molecule has 0 bridgehead atoms. The van der Waals surface area contributed by atoms with Crippen molar-refractivity contribution in [3.63, 3.8) is 0 Å². The minimum atomic E-state index is -3.60. The van der Waals surface area contributed by atoms with E-state index in [0.29, 0.717) is 19.1 Å². The summed E-state index contributed by atoms with van der Waals surface area (Å²) in [7, 11) is 0.302. The summed E-state index contributed by atoms with van der Waals surface area (Å²) in [4.78, 5) is 13.3. The van der Waals surface area contributed by atoms with Gasteiger partial charge in [-0.05, 0) is 49.9 Å². The highest BCUT2D eigenvalue weighted by atomic mass is 32.2. The number of benzene rings is 1. The second-order valence-electron chi connectivity index (χ2n) is 7.86. The zero-order valence-corrected chi connectivity index (χ0v) is 17.5. The summed E-state index contributed by atoms with van der Waals surface area (Å²) in [6, 6.07) is 7.74. The number of nitrogens with zero attached hydrogens (tertiary/aromatic N) is 5. The van der Waals surface area contributed by atoms with Crippen LogP contribution < -0.4 is 9.80 Å². The molecule has 1 saturated heterocycles. The van der Waals surface area contributed by atoms with Crippen LogP contribution in [0.2, 0.25) is 0 Å². The number of piperidine rings is 1. The zero-order chi connectivity index (χ0) is 20.6. The maximum atomic E-state index is 13.2. The van der Waals surface area contributed by atoms with Crippen molar-refractivity contribution in [2.24, 2.45) is 0 Å². The van der Waals surface area contributed by atoms with Gasteiger partial charge in [0.15, 0.2) is 0 Å². The molecular weight excluding hydrogens is 393 g/mol. The van der Waals surface area contributed by atoms with Crippen molar-refractivity contribution in [2.75, 3.05) is 37.0 Å². The molecule has 0 spiro atoms. The Morgan fingerprint density at radius 2 is 1.55 bits per heavy atom. The highest BCUT2D eigenvalue weighted by Crippen LogP contribution is 2.36. The summed E-state index contributed by atoms with van der Waals surface area (Å²) in [5.74, 6) is 1.33. The Balaban J connectivity index is 1.49. The first-order chi connectivity index (χ1) is 13.9. The molecule has 0 radical (unpaired) electrons. The number of halogens is 1. The molecule has 2 aromatic rings. The molecule has 1 aliphatic carbocycles. The lowest BCUT2D eigenvalue weighted by molar-refractivity contribution is 0.308. The van der Waals surface area contributed by atoms with E-state index in [0.717, 1.165) is 37.3 Å². The smallest absolute Gasteiger partial charge is 0.243 e. The van der Waals surface area contributed by atoms with Crippen molar-refractivity contribution in [3.8, 4) is 0 Å². The van der Waals surface area contributed by atoms with Crippen LogP contribution >= 0.6 is 0 Å². The van der Waals surface area contributed by atoms with E-state index in [1.807, 2.05) is 25.1 Å². The van der Waals surface area contributed by atoms with Crippen molar-refractivity contribution in [2.45, 2.75) is 42.7 Å². The maximum Gasteiger partial charge on any atom is 0.243 e. The van der Waals surface area contributed by atoms with Gasteiger partial charge in [-0.25, -0.2) is 22.8 Å². The van der Waals surface area contributed by atoms with Crippen LogP contribution in [-0.2, 0) is 10.0 Å². The number of anilines is 2. The molecule has 2 heterocycles. The van der Waals surface area contributed by atoms with Crippen LogP contribution in [0.4, 0.5) is 16.0 Å². The molecule has 1 aromatic carbocycles. The van der Waals surface area contributed by atoms with Crippen LogP contribution in [0.15, 0.2) is 41.6 Å². The lowest BCUT2D eigenvalue weighted by Crippen LogP contribution is -2.48. The van der Waals surface area contributed by atoms with Crippen molar-refractivity contribution in [3.05, 3.63) is 42.5 Å². The number of hydrogen-bond donors (Lipinski definition) is 0. The lowest BCUT2D eigenvalue weighted by atomic mass is 10.0. The number of sulfonamides is 1. The summed E-state index contributed by atoms with van der Waals surface area (Å²) in [6.45, 7) is 0.887. The van der Waals surface area contributed by atoms with Crippen molar-refractivity contribution < 1.29 is 12.8 Å². The third kappa shape index (κ3) is 4.20. The first kappa shape index (κ1) is 20.0. The van der Waals surface area contributed by atoms with E-state index in [1.54, 1.807) is 6.33 Å². The second kappa shape index (κ2) is 7.87. The fourth-order valence-electron chi connectivity index (χ4n) is 3.86. The summed E-state index contributed by atoms with van der Waals surface area (Å²) < 4.78 is 40.4. The number of aromatic nitrogens is 2.